The summed E-state index contributed by atoms with van der Waals surface area (Å²) in [4.78, 5) is 20.5. The van der Waals surface area contributed by atoms with E-state index in [0.29, 0.717) is 6.42 Å². The van der Waals surface area contributed by atoms with Gasteiger partial charge in [-0.05, 0) is 19.3 Å². The molecular weight excluding hydrogens is 219 g/mol. The van der Waals surface area contributed by atoms with Crippen LogP contribution < -0.4 is 0 Å². The molecule has 0 saturated carbocycles. The third kappa shape index (κ3) is 5.71. The Morgan fingerprint density at radius 2 is 1.31 bits per heavy atom. The summed E-state index contributed by atoms with van der Waals surface area (Å²) < 4.78 is 0. The van der Waals surface area contributed by atoms with Crippen LogP contribution in [-0.2, 0) is 9.59 Å². The Balaban J connectivity index is 3.56. The molecule has 0 bridgehead atoms. The molecule has 0 heterocycles. The number of rotatable bonds is 6. The van der Waals surface area contributed by atoms with Crippen molar-refractivity contribution in [1.29, 1.82) is 0 Å². The van der Waals surface area contributed by atoms with E-state index in [1.807, 2.05) is 0 Å². The summed E-state index contributed by atoms with van der Waals surface area (Å²) in [5, 5.41) is 14.8. The minimum atomic E-state index is -1.09. The number of halogens is 2. The largest absolute Gasteiger partial charge is 0.480 e. The van der Waals surface area contributed by atoms with Crippen LogP contribution >= 0.6 is 23.2 Å². The molecule has 13 heavy (non-hydrogen) atoms. The number of alkyl halides is 2. The van der Waals surface area contributed by atoms with Gasteiger partial charge in [-0.25, -0.2) is 0 Å². The lowest BCUT2D eigenvalue weighted by molar-refractivity contribution is -0.137. The number of aliphatic carboxylic acids is 2. The van der Waals surface area contributed by atoms with Gasteiger partial charge >= 0.3 is 11.9 Å². The van der Waals surface area contributed by atoms with Crippen LogP contribution in [0, 0.1) is 0 Å². The number of hydrogen-bond donors (Lipinski definition) is 2. The molecule has 0 aliphatic heterocycles. The van der Waals surface area contributed by atoms with Crippen LogP contribution in [0.4, 0.5) is 0 Å². The summed E-state index contributed by atoms with van der Waals surface area (Å²) in [6, 6.07) is 0. The van der Waals surface area contributed by atoms with Gasteiger partial charge in [0.05, 0.1) is 0 Å². The van der Waals surface area contributed by atoms with Crippen molar-refractivity contribution < 1.29 is 19.8 Å². The van der Waals surface area contributed by atoms with Crippen LogP contribution in [0.25, 0.3) is 0 Å². The molecule has 0 amide bonds. The molecule has 4 nitrogen and oxygen atoms in total. The van der Waals surface area contributed by atoms with Crippen molar-refractivity contribution in [3.63, 3.8) is 0 Å². The second-order valence-electron chi connectivity index (χ2n) is 2.54. The van der Waals surface area contributed by atoms with Gasteiger partial charge in [-0.15, -0.1) is 23.2 Å². The molecule has 76 valence electrons. The molecular formula is C7H10Cl2O4. The summed E-state index contributed by atoms with van der Waals surface area (Å²) in [6.45, 7) is 0. The standard InChI is InChI=1S/C7H10Cl2O4/c8-4(6(10)11)2-1-3-5(9)7(12)13/h4-5H,1-3H2,(H,10,11)(H,12,13). The molecule has 0 saturated heterocycles. The topological polar surface area (TPSA) is 74.6 Å². The molecule has 0 radical (unpaired) electrons. The van der Waals surface area contributed by atoms with Gasteiger partial charge in [0.2, 0.25) is 0 Å². The first-order chi connectivity index (χ1) is 5.95. The highest BCUT2D eigenvalue weighted by Crippen LogP contribution is 2.12. The summed E-state index contributed by atoms with van der Waals surface area (Å²) >= 11 is 10.8. The van der Waals surface area contributed by atoms with Crippen molar-refractivity contribution in [1.82, 2.24) is 0 Å². The Bertz CT molecular complexity index is 175. The van der Waals surface area contributed by atoms with Crippen LogP contribution in [0.2, 0.25) is 0 Å². The predicted octanol–water partition coefficient (Wildman–Crippen LogP) is 1.54. The lowest BCUT2D eigenvalue weighted by Crippen LogP contribution is -2.16. The maximum atomic E-state index is 10.2. The lowest BCUT2D eigenvalue weighted by Gasteiger charge is -2.05. The van der Waals surface area contributed by atoms with E-state index in [4.69, 9.17) is 33.4 Å². The maximum absolute atomic E-state index is 10.2. The van der Waals surface area contributed by atoms with Crippen LogP contribution in [0.1, 0.15) is 19.3 Å². The summed E-state index contributed by atoms with van der Waals surface area (Å²) in [5.41, 5.74) is 0. The minimum Gasteiger partial charge on any atom is -0.480 e. The molecule has 6 heteroatoms. The average molecular weight is 229 g/mol. The van der Waals surface area contributed by atoms with Crippen molar-refractivity contribution in [3.05, 3.63) is 0 Å². The normalized spacial score (nSPS) is 14.9. The third-order valence-corrected chi connectivity index (χ3v) is 2.26. The Labute approximate surface area is 85.4 Å². The van der Waals surface area contributed by atoms with Crippen LogP contribution in [-0.4, -0.2) is 32.9 Å². The first-order valence-electron chi connectivity index (χ1n) is 3.69. The lowest BCUT2D eigenvalue weighted by atomic mass is 10.1. The number of carbonyl (C=O) groups is 2. The average Bonchev–Trinajstić information content (AvgIpc) is 2.03. The van der Waals surface area contributed by atoms with Crippen LogP contribution in [0.5, 0.6) is 0 Å². The molecule has 0 aliphatic carbocycles. The van der Waals surface area contributed by atoms with Gasteiger partial charge in [0.1, 0.15) is 10.8 Å². The molecule has 0 fully saturated rings. The van der Waals surface area contributed by atoms with Gasteiger partial charge in [-0.2, -0.15) is 0 Å². The van der Waals surface area contributed by atoms with E-state index in [1.165, 1.54) is 0 Å². The van der Waals surface area contributed by atoms with Gasteiger partial charge < -0.3 is 10.2 Å². The van der Waals surface area contributed by atoms with E-state index in [9.17, 15) is 9.59 Å². The zero-order valence-corrected chi connectivity index (χ0v) is 8.25. The highest BCUT2D eigenvalue weighted by atomic mass is 35.5. The highest BCUT2D eigenvalue weighted by molar-refractivity contribution is 6.30. The fourth-order valence-electron chi connectivity index (χ4n) is 0.723. The van der Waals surface area contributed by atoms with Gasteiger partial charge in [0.15, 0.2) is 0 Å². The second kappa shape index (κ2) is 6.05. The van der Waals surface area contributed by atoms with E-state index in [1.54, 1.807) is 0 Å². The Hall–Kier alpha value is -0.480. The summed E-state index contributed by atoms with van der Waals surface area (Å²) in [7, 11) is 0. The van der Waals surface area contributed by atoms with Crippen LogP contribution in [0.15, 0.2) is 0 Å². The van der Waals surface area contributed by atoms with E-state index in [2.05, 4.69) is 0 Å². The van der Waals surface area contributed by atoms with E-state index < -0.39 is 22.7 Å². The molecule has 2 unspecified atom stereocenters. The van der Waals surface area contributed by atoms with Crippen molar-refractivity contribution in [2.24, 2.45) is 0 Å². The predicted molar refractivity (Wildman–Crippen MR) is 48.4 cm³/mol. The second-order valence-corrected chi connectivity index (χ2v) is 3.60. The fraction of sp³-hybridized carbons (Fsp3) is 0.714. The third-order valence-electron chi connectivity index (χ3n) is 1.45. The first kappa shape index (κ1) is 12.5. The van der Waals surface area contributed by atoms with Crippen molar-refractivity contribution in [3.8, 4) is 0 Å². The molecule has 0 aromatic rings. The van der Waals surface area contributed by atoms with Crippen molar-refractivity contribution in [2.75, 3.05) is 0 Å². The Morgan fingerprint density at radius 1 is 1.00 bits per heavy atom. The molecule has 0 aliphatic rings. The minimum absolute atomic E-state index is 0.230. The SMILES string of the molecule is O=C(O)C(Cl)CCCC(Cl)C(=O)O. The molecule has 2 atom stereocenters. The Morgan fingerprint density at radius 3 is 1.54 bits per heavy atom. The van der Waals surface area contributed by atoms with Crippen molar-refractivity contribution in [2.45, 2.75) is 30.0 Å². The maximum Gasteiger partial charge on any atom is 0.321 e. The quantitative estimate of drug-likeness (QED) is 0.677. The smallest absolute Gasteiger partial charge is 0.321 e. The van der Waals surface area contributed by atoms with E-state index in [-0.39, 0.29) is 12.8 Å². The zero-order valence-electron chi connectivity index (χ0n) is 6.74. The van der Waals surface area contributed by atoms with Crippen LogP contribution in [0.3, 0.4) is 0 Å². The molecule has 0 rings (SSSR count). The zero-order chi connectivity index (χ0) is 10.4. The molecule has 2 N–H and O–H groups in total. The van der Waals surface area contributed by atoms with E-state index in [0.717, 1.165) is 0 Å². The fourth-order valence-corrected chi connectivity index (χ4v) is 1.03. The molecule has 0 aromatic carbocycles. The van der Waals surface area contributed by atoms with Crippen molar-refractivity contribution >= 4 is 35.1 Å². The van der Waals surface area contributed by atoms with Gasteiger partial charge in [-0.1, -0.05) is 0 Å². The monoisotopic (exact) mass is 228 g/mol. The van der Waals surface area contributed by atoms with E-state index >= 15 is 0 Å². The first-order valence-corrected chi connectivity index (χ1v) is 4.56. The number of carboxylic acids is 2. The van der Waals surface area contributed by atoms with Gasteiger partial charge in [0.25, 0.3) is 0 Å². The van der Waals surface area contributed by atoms with Gasteiger partial charge in [-0.3, -0.25) is 9.59 Å². The summed E-state index contributed by atoms with van der Waals surface area (Å²) in [6.07, 6.45) is 0.849. The molecule has 0 aromatic heterocycles. The Kier molecular flexibility index (Phi) is 5.82. The van der Waals surface area contributed by atoms with Gasteiger partial charge in [0, 0.05) is 0 Å². The summed E-state index contributed by atoms with van der Waals surface area (Å²) in [5.74, 6) is -2.19. The number of hydrogen-bond acceptors (Lipinski definition) is 2. The highest BCUT2D eigenvalue weighted by Gasteiger charge is 2.16. The molecule has 0 spiro atoms. The number of carboxylic acid groups (broad SMARTS) is 2.